The van der Waals surface area contributed by atoms with Crippen molar-refractivity contribution in [3.63, 3.8) is 0 Å². The van der Waals surface area contributed by atoms with Gasteiger partial charge in [0.2, 0.25) is 0 Å². The maximum Gasteiger partial charge on any atom is 0.194 e. The van der Waals surface area contributed by atoms with Crippen LogP contribution in [-0.2, 0) is 6.54 Å². The summed E-state index contributed by atoms with van der Waals surface area (Å²) in [4.78, 5) is 9.73. The Morgan fingerprint density at radius 2 is 2.29 bits per heavy atom. The number of hydrogen-bond acceptors (Lipinski definition) is 5. The summed E-state index contributed by atoms with van der Waals surface area (Å²) < 4.78 is 2.05. The standard InChI is InChI=1S/C15H15N5S/c1-10-9-21-15-19-11(2)14(20(10)15)13(7-16)18-8-12-5-3-4-6-17-12/h3-6,9,13,18H,8H2,1-2H3. The van der Waals surface area contributed by atoms with E-state index in [1.54, 1.807) is 17.5 Å². The average Bonchev–Trinajstić information content (AvgIpc) is 3.01. The second-order valence-corrected chi connectivity index (χ2v) is 5.68. The van der Waals surface area contributed by atoms with Gasteiger partial charge in [0.25, 0.3) is 0 Å². The highest BCUT2D eigenvalue weighted by molar-refractivity contribution is 7.15. The van der Waals surface area contributed by atoms with Crippen LogP contribution in [0.2, 0.25) is 0 Å². The second kappa shape index (κ2) is 5.64. The van der Waals surface area contributed by atoms with Gasteiger partial charge in [-0.05, 0) is 26.0 Å². The van der Waals surface area contributed by atoms with Gasteiger partial charge in [0.15, 0.2) is 4.96 Å². The lowest BCUT2D eigenvalue weighted by Gasteiger charge is -2.12. The Bertz CT molecular complexity index is 797. The van der Waals surface area contributed by atoms with E-state index >= 15 is 0 Å². The number of aromatic nitrogens is 3. The molecule has 0 bridgehead atoms. The number of pyridine rings is 1. The molecule has 106 valence electrons. The zero-order chi connectivity index (χ0) is 14.8. The van der Waals surface area contributed by atoms with Gasteiger partial charge in [0, 0.05) is 23.8 Å². The first-order valence-electron chi connectivity index (χ1n) is 6.66. The molecule has 3 aromatic heterocycles. The maximum atomic E-state index is 9.52. The van der Waals surface area contributed by atoms with Crippen molar-refractivity contribution in [2.45, 2.75) is 26.4 Å². The van der Waals surface area contributed by atoms with Crippen molar-refractivity contribution in [3.05, 3.63) is 52.6 Å². The van der Waals surface area contributed by atoms with Crippen LogP contribution < -0.4 is 5.32 Å². The van der Waals surface area contributed by atoms with Gasteiger partial charge in [-0.25, -0.2) is 4.98 Å². The van der Waals surface area contributed by atoms with Crippen molar-refractivity contribution < 1.29 is 0 Å². The monoisotopic (exact) mass is 297 g/mol. The van der Waals surface area contributed by atoms with Gasteiger partial charge in [0.1, 0.15) is 6.04 Å². The van der Waals surface area contributed by atoms with Gasteiger partial charge in [-0.1, -0.05) is 6.07 Å². The fourth-order valence-corrected chi connectivity index (χ4v) is 3.30. The fraction of sp³-hybridized carbons (Fsp3) is 0.267. The topological polar surface area (TPSA) is 66.0 Å². The Morgan fingerprint density at radius 1 is 1.43 bits per heavy atom. The van der Waals surface area contributed by atoms with E-state index in [0.29, 0.717) is 6.54 Å². The molecule has 0 fully saturated rings. The highest BCUT2D eigenvalue weighted by Gasteiger charge is 2.20. The van der Waals surface area contributed by atoms with Crippen molar-refractivity contribution in [3.8, 4) is 6.07 Å². The zero-order valence-corrected chi connectivity index (χ0v) is 12.7. The normalized spacial score (nSPS) is 12.4. The molecule has 0 aliphatic heterocycles. The van der Waals surface area contributed by atoms with Crippen molar-refractivity contribution >= 4 is 16.3 Å². The molecule has 1 N–H and O–H groups in total. The Balaban J connectivity index is 1.90. The Labute approximate surface area is 126 Å². The van der Waals surface area contributed by atoms with Gasteiger partial charge in [0.05, 0.1) is 23.2 Å². The third-order valence-electron chi connectivity index (χ3n) is 3.37. The van der Waals surface area contributed by atoms with E-state index in [1.165, 1.54) is 0 Å². The Kier molecular flexibility index (Phi) is 3.69. The lowest BCUT2D eigenvalue weighted by atomic mass is 10.2. The summed E-state index contributed by atoms with van der Waals surface area (Å²) in [7, 11) is 0. The minimum Gasteiger partial charge on any atom is -0.291 e. The van der Waals surface area contributed by atoms with Crippen molar-refractivity contribution in [2.24, 2.45) is 0 Å². The molecule has 21 heavy (non-hydrogen) atoms. The maximum absolute atomic E-state index is 9.52. The van der Waals surface area contributed by atoms with Gasteiger partial charge in [-0.15, -0.1) is 11.3 Å². The molecule has 0 aromatic carbocycles. The molecule has 3 heterocycles. The molecule has 0 saturated heterocycles. The zero-order valence-electron chi connectivity index (χ0n) is 11.9. The molecular weight excluding hydrogens is 282 g/mol. The van der Waals surface area contributed by atoms with Crippen LogP contribution in [-0.4, -0.2) is 14.4 Å². The summed E-state index contributed by atoms with van der Waals surface area (Å²) >= 11 is 1.59. The highest BCUT2D eigenvalue weighted by Crippen LogP contribution is 2.25. The van der Waals surface area contributed by atoms with E-state index in [-0.39, 0.29) is 0 Å². The van der Waals surface area contributed by atoms with E-state index in [1.807, 2.05) is 32.0 Å². The molecule has 1 atom stereocenters. The lowest BCUT2D eigenvalue weighted by Crippen LogP contribution is -2.22. The van der Waals surface area contributed by atoms with Crippen molar-refractivity contribution in [2.75, 3.05) is 0 Å². The Morgan fingerprint density at radius 3 is 3.00 bits per heavy atom. The molecule has 0 saturated carbocycles. The number of thiazole rings is 1. The van der Waals surface area contributed by atoms with Crippen LogP contribution in [0.5, 0.6) is 0 Å². The van der Waals surface area contributed by atoms with Gasteiger partial charge in [-0.2, -0.15) is 5.26 Å². The number of fused-ring (bicyclic) bond motifs is 1. The average molecular weight is 297 g/mol. The summed E-state index contributed by atoms with van der Waals surface area (Å²) in [6.45, 7) is 4.53. The number of nitriles is 1. The molecule has 0 aliphatic carbocycles. The fourth-order valence-electron chi connectivity index (χ4n) is 2.38. The predicted octanol–water partition coefficient (Wildman–Crippen LogP) is 2.76. The van der Waals surface area contributed by atoms with E-state index in [9.17, 15) is 5.26 Å². The number of aryl methyl sites for hydroxylation is 2. The molecule has 0 spiro atoms. The number of rotatable bonds is 4. The smallest absolute Gasteiger partial charge is 0.194 e. The Hall–Kier alpha value is -2.23. The predicted molar refractivity (Wildman–Crippen MR) is 82.0 cm³/mol. The number of imidazole rings is 1. The largest absolute Gasteiger partial charge is 0.291 e. The number of nitrogens with one attached hydrogen (secondary N) is 1. The van der Waals surface area contributed by atoms with Crippen LogP contribution in [0.4, 0.5) is 0 Å². The van der Waals surface area contributed by atoms with Gasteiger partial charge in [-0.3, -0.25) is 14.7 Å². The molecule has 1 unspecified atom stereocenters. The quantitative estimate of drug-likeness (QED) is 0.804. The summed E-state index contributed by atoms with van der Waals surface area (Å²) in [5, 5.41) is 14.8. The van der Waals surface area contributed by atoms with Crippen LogP contribution in [0.3, 0.4) is 0 Å². The molecule has 5 nitrogen and oxygen atoms in total. The molecule has 0 aliphatic rings. The van der Waals surface area contributed by atoms with Crippen LogP contribution in [0.1, 0.15) is 28.8 Å². The first kappa shape index (κ1) is 13.7. The van der Waals surface area contributed by atoms with Crippen LogP contribution >= 0.6 is 11.3 Å². The third-order valence-corrected chi connectivity index (χ3v) is 4.31. The SMILES string of the molecule is Cc1nc2scc(C)n2c1C(C#N)NCc1ccccn1. The summed E-state index contributed by atoms with van der Waals surface area (Å²) in [5.74, 6) is 0. The highest BCUT2D eigenvalue weighted by atomic mass is 32.1. The molecule has 0 radical (unpaired) electrons. The minimum atomic E-state index is -0.407. The van der Waals surface area contributed by atoms with E-state index in [0.717, 1.165) is 27.7 Å². The summed E-state index contributed by atoms with van der Waals surface area (Å²) in [6.07, 6.45) is 1.75. The second-order valence-electron chi connectivity index (χ2n) is 4.84. The summed E-state index contributed by atoms with van der Waals surface area (Å²) in [5.41, 5.74) is 3.83. The van der Waals surface area contributed by atoms with Crippen LogP contribution in [0, 0.1) is 25.2 Å². The van der Waals surface area contributed by atoms with Crippen molar-refractivity contribution in [1.82, 2.24) is 19.7 Å². The molecule has 3 rings (SSSR count). The first-order chi connectivity index (χ1) is 10.2. The van der Waals surface area contributed by atoms with Gasteiger partial charge < -0.3 is 0 Å². The van der Waals surface area contributed by atoms with Crippen LogP contribution in [0.25, 0.3) is 4.96 Å². The third kappa shape index (κ3) is 2.53. The molecule has 3 aromatic rings. The number of hydrogen-bond donors (Lipinski definition) is 1. The first-order valence-corrected chi connectivity index (χ1v) is 7.54. The van der Waals surface area contributed by atoms with Gasteiger partial charge >= 0.3 is 0 Å². The molecule has 6 heteroatoms. The molecule has 0 amide bonds. The van der Waals surface area contributed by atoms with E-state index < -0.39 is 6.04 Å². The number of nitrogens with zero attached hydrogens (tertiary/aromatic N) is 4. The summed E-state index contributed by atoms with van der Waals surface area (Å²) in [6, 6.07) is 7.68. The lowest BCUT2D eigenvalue weighted by molar-refractivity contribution is 0.600. The van der Waals surface area contributed by atoms with Crippen LogP contribution in [0.15, 0.2) is 29.8 Å². The minimum absolute atomic E-state index is 0.407. The van der Waals surface area contributed by atoms with Crippen molar-refractivity contribution in [1.29, 1.82) is 5.26 Å². The van der Waals surface area contributed by atoms with E-state index in [2.05, 4.69) is 31.1 Å². The molecular formula is C15H15N5S. The van der Waals surface area contributed by atoms with E-state index in [4.69, 9.17) is 0 Å².